The fraction of sp³-hybridized carbons (Fsp3) is 0.476. The van der Waals surface area contributed by atoms with E-state index in [1.165, 1.54) is 11.8 Å². The van der Waals surface area contributed by atoms with Crippen LogP contribution in [0.15, 0.2) is 24.3 Å². The average Bonchev–Trinajstić information content (AvgIpc) is 2.78. The van der Waals surface area contributed by atoms with Gasteiger partial charge in [-0.2, -0.15) is 0 Å². The van der Waals surface area contributed by atoms with E-state index in [2.05, 4.69) is 10.6 Å². The molecular formula is C21H32N6O6S. The molecule has 1 aromatic carbocycles. The number of nitrogens with zero attached hydrogens (tertiary/aromatic N) is 1. The molecule has 8 N–H and O–H groups in total. The van der Waals surface area contributed by atoms with Crippen LogP contribution in [0.4, 0.5) is 0 Å². The quantitative estimate of drug-likeness (QED) is 0.152. The third kappa shape index (κ3) is 10.2. The smallest absolute Gasteiger partial charge is 0.244 e. The molecule has 0 saturated heterocycles. The van der Waals surface area contributed by atoms with E-state index in [1.807, 2.05) is 0 Å². The van der Waals surface area contributed by atoms with Crippen molar-refractivity contribution in [1.82, 2.24) is 15.5 Å². The second-order valence-electron chi connectivity index (χ2n) is 7.54. The highest BCUT2D eigenvalue weighted by atomic mass is 32.2. The molecule has 0 radical (unpaired) electrons. The number of aldehydes is 1. The minimum atomic E-state index is -1.07. The molecule has 0 bridgehead atoms. The Labute approximate surface area is 202 Å². The summed E-state index contributed by atoms with van der Waals surface area (Å²) in [4.78, 5) is 60.2. The normalized spacial score (nSPS) is 13.4. The van der Waals surface area contributed by atoms with Crippen LogP contribution in [-0.2, 0) is 30.4 Å². The second-order valence-corrected chi connectivity index (χ2v) is 8.57. The SMILES string of the molecule is CN(C)C(CSCC(=O)N[C@@H](CN)C(=O)N[C@@H](Cc1ccc(OCC=O)cc1)C(N)=O)C(N)=O. The summed E-state index contributed by atoms with van der Waals surface area (Å²) in [5, 5.41) is 5.02. The number of nitrogens with one attached hydrogen (secondary N) is 2. The summed E-state index contributed by atoms with van der Waals surface area (Å²) in [5.74, 6) is -1.60. The molecule has 0 aliphatic carbocycles. The number of carbonyl (C=O) groups is 5. The zero-order chi connectivity index (χ0) is 25.7. The Hall–Kier alpha value is -3.16. The molecule has 1 rings (SSSR count). The predicted molar refractivity (Wildman–Crippen MR) is 128 cm³/mol. The molecule has 12 nitrogen and oxygen atoms in total. The Kier molecular flexibility index (Phi) is 12.6. The molecule has 3 atom stereocenters. The van der Waals surface area contributed by atoms with Gasteiger partial charge in [0.1, 0.15) is 24.4 Å². The van der Waals surface area contributed by atoms with Crippen LogP contribution in [-0.4, -0.2) is 91.7 Å². The summed E-state index contributed by atoms with van der Waals surface area (Å²) < 4.78 is 5.16. The second kappa shape index (κ2) is 14.9. The number of hydrogen-bond acceptors (Lipinski definition) is 9. The standard InChI is InChI=1S/C21H32N6O6S/c1-27(2)17(20(24)31)11-34-12-18(29)25-16(10-22)21(32)26-15(19(23)30)9-13-3-5-14(6-4-13)33-8-7-28/h3-7,15-17H,8-12,22H2,1-2H3,(H2,23,30)(H2,24,31)(H,25,29)(H,26,32)/t15-,16-,17?/m0/s1. The van der Waals surface area contributed by atoms with Crippen LogP contribution in [0.5, 0.6) is 5.75 Å². The molecule has 0 heterocycles. The molecule has 0 fully saturated rings. The third-order valence-electron chi connectivity index (χ3n) is 4.69. The van der Waals surface area contributed by atoms with E-state index in [1.54, 1.807) is 43.3 Å². The van der Waals surface area contributed by atoms with Crippen molar-refractivity contribution in [2.45, 2.75) is 24.5 Å². The molecule has 0 aliphatic heterocycles. The fourth-order valence-electron chi connectivity index (χ4n) is 2.80. The van der Waals surface area contributed by atoms with Crippen LogP contribution in [0.25, 0.3) is 0 Å². The van der Waals surface area contributed by atoms with Crippen LogP contribution in [0.1, 0.15) is 5.56 Å². The van der Waals surface area contributed by atoms with Gasteiger partial charge in [0, 0.05) is 18.7 Å². The summed E-state index contributed by atoms with van der Waals surface area (Å²) in [5.41, 5.74) is 17.1. The molecule has 1 aromatic rings. The van der Waals surface area contributed by atoms with Gasteiger partial charge in [-0.25, -0.2) is 0 Å². The first kappa shape index (κ1) is 28.9. The molecular weight excluding hydrogens is 464 g/mol. The van der Waals surface area contributed by atoms with E-state index < -0.39 is 41.8 Å². The van der Waals surface area contributed by atoms with Gasteiger partial charge < -0.3 is 32.6 Å². The third-order valence-corrected chi connectivity index (χ3v) is 5.71. The molecule has 0 aromatic heterocycles. The van der Waals surface area contributed by atoms with E-state index in [0.717, 1.165) is 0 Å². The molecule has 0 spiro atoms. The number of hydrogen-bond donors (Lipinski definition) is 5. The Morgan fingerprint density at radius 1 is 1.06 bits per heavy atom. The lowest BCUT2D eigenvalue weighted by atomic mass is 10.0. The van der Waals surface area contributed by atoms with Crippen molar-refractivity contribution in [3.8, 4) is 5.75 Å². The maximum absolute atomic E-state index is 12.6. The predicted octanol–water partition coefficient (Wildman–Crippen LogP) is -2.63. The first-order valence-electron chi connectivity index (χ1n) is 10.4. The average molecular weight is 497 g/mol. The van der Waals surface area contributed by atoms with Crippen LogP contribution in [0, 0.1) is 0 Å². The maximum atomic E-state index is 12.6. The number of primary amides is 2. The maximum Gasteiger partial charge on any atom is 0.244 e. The number of benzene rings is 1. The lowest BCUT2D eigenvalue weighted by Gasteiger charge is -2.22. The number of nitrogens with two attached hydrogens (primary N) is 3. The fourth-order valence-corrected chi connectivity index (χ4v) is 3.87. The molecule has 4 amide bonds. The monoisotopic (exact) mass is 496 g/mol. The number of amides is 4. The van der Waals surface area contributed by atoms with Gasteiger partial charge in [-0.1, -0.05) is 12.1 Å². The summed E-state index contributed by atoms with van der Waals surface area (Å²) >= 11 is 1.19. The van der Waals surface area contributed by atoms with Crippen molar-refractivity contribution in [2.75, 3.05) is 38.8 Å². The van der Waals surface area contributed by atoms with Crippen molar-refractivity contribution in [3.05, 3.63) is 29.8 Å². The molecule has 0 aliphatic rings. The van der Waals surface area contributed by atoms with Gasteiger partial charge in [0.05, 0.1) is 11.8 Å². The van der Waals surface area contributed by atoms with Crippen LogP contribution in [0.2, 0.25) is 0 Å². The van der Waals surface area contributed by atoms with Gasteiger partial charge in [0.15, 0.2) is 6.29 Å². The van der Waals surface area contributed by atoms with Gasteiger partial charge in [-0.3, -0.25) is 28.9 Å². The summed E-state index contributed by atoms with van der Waals surface area (Å²) in [6, 6.07) is 3.95. The van der Waals surface area contributed by atoms with Gasteiger partial charge in [0.25, 0.3) is 0 Å². The lowest BCUT2D eigenvalue weighted by Crippen LogP contribution is -2.56. The number of carbonyl (C=O) groups excluding carboxylic acids is 5. The van der Waals surface area contributed by atoms with Gasteiger partial charge in [0.2, 0.25) is 23.6 Å². The van der Waals surface area contributed by atoms with Crippen molar-refractivity contribution in [2.24, 2.45) is 17.2 Å². The minimum absolute atomic E-state index is 0.0147. The van der Waals surface area contributed by atoms with Crippen molar-refractivity contribution >= 4 is 41.7 Å². The van der Waals surface area contributed by atoms with Crippen molar-refractivity contribution in [3.63, 3.8) is 0 Å². The Balaban J connectivity index is 2.64. The summed E-state index contributed by atoms with van der Waals surface area (Å²) in [6.45, 7) is -0.274. The van der Waals surface area contributed by atoms with E-state index in [-0.39, 0.29) is 25.3 Å². The number of likely N-dealkylation sites (N-methyl/N-ethyl adjacent to an activating group) is 1. The minimum Gasteiger partial charge on any atom is -0.486 e. The van der Waals surface area contributed by atoms with E-state index in [4.69, 9.17) is 21.9 Å². The van der Waals surface area contributed by atoms with Gasteiger partial charge in [-0.05, 0) is 31.8 Å². The van der Waals surface area contributed by atoms with Crippen molar-refractivity contribution in [1.29, 1.82) is 0 Å². The summed E-state index contributed by atoms with van der Waals surface area (Å²) in [7, 11) is 3.41. The number of thioether (sulfide) groups is 1. The number of rotatable bonds is 16. The van der Waals surface area contributed by atoms with Gasteiger partial charge in [-0.15, -0.1) is 11.8 Å². The van der Waals surface area contributed by atoms with E-state index >= 15 is 0 Å². The van der Waals surface area contributed by atoms with E-state index in [9.17, 15) is 24.0 Å². The Morgan fingerprint density at radius 2 is 1.71 bits per heavy atom. The largest absolute Gasteiger partial charge is 0.486 e. The zero-order valence-corrected chi connectivity index (χ0v) is 20.0. The van der Waals surface area contributed by atoms with Crippen LogP contribution < -0.4 is 32.6 Å². The molecule has 13 heteroatoms. The lowest BCUT2D eigenvalue weighted by molar-refractivity contribution is -0.130. The molecule has 34 heavy (non-hydrogen) atoms. The first-order valence-corrected chi connectivity index (χ1v) is 11.5. The topological polar surface area (TPSA) is 200 Å². The highest BCUT2D eigenvalue weighted by Crippen LogP contribution is 2.13. The highest BCUT2D eigenvalue weighted by Gasteiger charge is 2.25. The van der Waals surface area contributed by atoms with Crippen molar-refractivity contribution < 1.29 is 28.7 Å². The zero-order valence-electron chi connectivity index (χ0n) is 19.2. The first-order chi connectivity index (χ1) is 16.1. The highest BCUT2D eigenvalue weighted by molar-refractivity contribution is 8.00. The van der Waals surface area contributed by atoms with Crippen LogP contribution in [0.3, 0.4) is 0 Å². The van der Waals surface area contributed by atoms with Crippen LogP contribution >= 0.6 is 11.8 Å². The van der Waals surface area contributed by atoms with E-state index in [0.29, 0.717) is 23.4 Å². The molecule has 0 saturated carbocycles. The molecule has 1 unspecified atom stereocenters. The Bertz CT molecular complexity index is 851. The Morgan fingerprint density at radius 3 is 2.21 bits per heavy atom. The number of ether oxygens (including phenoxy) is 1. The van der Waals surface area contributed by atoms with Gasteiger partial charge >= 0.3 is 0 Å². The summed E-state index contributed by atoms with van der Waals surface area (Å²) in [6.07, 6.45) is 0.731. The molecule has 188 valence electrons.